The molecule has 8 nitrogen and oxygen atoms in total. The van der Waals surface area contributed by atoms with Gasteiger partial charge in [-0.2, -0.15) is 0 Å². The summed E-state index contributed by atoms with van der Waals surface area (Å²) in [7, 11) is 0. The molecule has 0 aromatic carbocycles. The first-order valence-corrected chi connectivity index (χ1v) is 7.70. The van der Waals surface area contributed by atoms with E-state index in [9.17, 15) is 0 Å². The van der Waals surface area contributed by atoms with Crippen molar-refractivity contribution in [3.8, 4) is 0 Å². The topological polar surface area (TPSA) is 85.8 Å². The summed E-state index contributed by atoms with van der Waals surface area (Å²) in [6.07, 6.45) is 7.89. The molecule has 1 fully saturated rings. The largest absolute Gasteiger partial charge is 0.369 e. The van der Waals surface area contributed by atoms with Crippen LogP contribution in [0.5, 0.6) is 0 Å². The van der Waals surface area contributed by atoms with Crippen LogP contribution in [0.25, 0.3) is 5.65 Å². The molecule has 1 saturated carbocycles. The average molecular weight is 302 g/mol. The molecule has 9 heteroatoms. The maximum Gasteiger partial charge on any atom is 0.216 e. The van der Waals surface area contributed by atoms with Gasteiger partial charge in [0.25, 0.3) is 0 Å². The lowest BCUT2D eigenvalue weighted by atomic mass is 10.6. The van der Waals surface area contributed by atoms with Gasteiger partial charge in [-0.05, 0) is 42.0 Å². The van der Waals surface area contributed by atoms with Crippen molar-refractivity contribution in [2.24, 2.45) is 0 Å². The van der Waals surface area contributed by atoms with Crippen LogP contribution in [-0.2, 0) is 0 Å². The maximum atomic E-state index is 4.62. The lowest BCUT2D eigenvalue weighted by Gasteiger charge is -2.07. The van der Waals surface area contributed by atoms with E-state index >= 15 is 0 Å². The van der Waals surface area contributed by atoms with E-state index in [4.69, 9.17) is 0 Å². The molecular formula is C12H14N8S. The third-order valence-corrected chi connectivity index (χ3v) is 4.16. The fourth-order valence-corrected chi connectivity index (χ4v) is 3.05. The van der Waals surface area contributed by atoms with Crippen molar-refractivity contribution in [3.63, 3.8) is 0 Å². The van der Waals surface area contributed by atoms with Crippen LogP contribution in [0.4, 0.5) is 5.82 Å². The Hall–Kier alpha value is -2.16. The summed E-state index contributed by atoms with van der Waals surface area (Å²) < 4.78 is 3.84. The van der Waals surface area contributed by atoms with Crippen molar-refractivity contribution in [3.05, 3.63) is 18.6 Å². The van der Waals surface area contributed by atoms with Crippen molar-refractivity contribution >= 4 is 23.2 Å². The predicted octanol–water partition coefficient (Wildman–Crippen LogP) is 1.63. The zero-order chi connectivity index (χ0) is 14.2. The Bertz CT molecular complexity index is 775. The minimum absolute atomic E-state index is 0.440. The highest BCUT2D eigenvalue weighted by Crippen LogP contribution is 2.38. The van der Waals surface area contributed by atoms with Gasteiger partial charge in [0.2, 0.25) is 5.16 Å². The summed E-state index contributed by atoms with van der Waals surface area (Å²) in [6, 6.07) is 0.440. The number of fused-ring (bicyclic) bond motifs is 1. The van der Waals surface area contributed by atoms with Crippen LogP contribution >= 0.6 is 11.8 Å². The third-order valence-electron chi connectivity index (χ3n) is 3.24. The molecule has 0 aliphatic heterocycles. The van der Waals surface area contributed by atoms with Gasteiger partial charge in [-0.15, -0.1) is 5.10 Å². The van der Waals surface area contributed by atoms with Crippen molar-refractivity contribution in [1.82, 2.24) is 34.6 Å². The molecule has 21 heavy (non-hydrogen) atoms. The van der Waals surface area contributed by atoms with Gasteiger partial charge in [0.05, 0.1) is 12.2 Å². The van der Waals surface area contributed by atoms with Gasteiger partial charge in [0, 0.05) is 18.9 Å². The van der Waals surface area contributed by atoms with Crippen molar-refractivity contribution in [2.75, 3.05) is 11.9 Å². The molecule has 0 radical (unpaired) electrons. The van der Waals surface area contributed by atoms with Gasteiger partial charge in [0.1, 0.15) is 10.8 Å². The number of hydrogen-bond donors (Lipinski definition) is 1. The van der Waals surface area contributed by atoms with Gasteiger partial charge < -0.3 is 9.72 Å². The number of anilines is 1. The summed E-state index contributed by atoms with van der Waals surface area (Å²) >= 11 is 1.46. The second-order valence-corrected chi connectivity index (χ2v) is 5.81. The number of nitrogens with one attached hydrogen (secondary N) is 1. The molecule has 0 amide bonds. The smallest absolute Gasteiger partial charge is 0.216 e. The summed E-state index contributed by atoms with van der Waals surface area (Å²) in [4.78, 5) is 8.98. The molecule has 3 aromatic rings. The fourth-order valence-electron chi connectivity index (χ4n) is 2.13. The highest BCUT2D eigenvalue weighted by atomic mass is 32.2. The van der Waals surface area contributed by atoms with Gasteiger partial charge in [0.15, 0.2) is 5.65 Å². The van der Waals surface area contributed by atoms with E-state index < -0.39 is 0 Å². The highest BCUT2D eigenvalue weighted by Gasteiger charge is 2.28. The van der Waals surface area contributed by atoms with Crippen LogP contribution in [0.1, 0.15) is 25.8 Å². The maximum absolute atomic E-state index is 4.62. The van der Waals surface area contributed by atoms with Gasteiger partial charge >= 0.3 is 0 Å². The first-order chi connectivity index (χ1) is 10.3. The number of rotatable bonds is 5. The number of nitrogens with zero attached hydrogens (tertiary/aromatic N) is 7. The van der Waals surface area contributed by atoms with Crippen LogP contribution < -0.4 is 5.32 Å². The minimum atomic E-state index is 0.440. The Labute approximate surface area is 125 Å². The first kappa shape index (κ1) is 12.6. The van der Waals surface area contributed by atoms with E-state index in [2.05, 4.69) is 30.8 Å². The quantitative estimate of drug-likeness (QED) is 0.766. The van der Waals surface area contributed by atoms with E-state index in [-0.39, 0.29) is 0 Å². The van der Waals surface area contributed by atoms with Crippen LogP contribution in [0.3, 0.4) is 0 Å². The molecular weight excluding hydrogens is 288 g/mol. The number of imidazole rings is 1. The molecule has 4 rings (SSSR count). The summed E-state index contributed by atoms with van der Waals surface area (Å²) in [5.74, 6) is 0.816. The monoisotopic (exact) mass is 302 g/mol. The second kappa shape index (κ2) is 4.99. The molecule has 0 atom stereocenters. The van der Waals surface area contributed by atoms with E-state index in [1.807, 2.05) is 28.4 Å². The van der Waals surface area contributed by atoms with Gasteiger partial charge in [-0.1, -0.05) is 0 Å². The normalized spacial score (nSPS) is 14.7. The van der Waals surface area contributed by atoms with Crippen molar-refractivity contribution < 1.29 is 0 Å². The van der Waals surface area contributed by atoms with Crippen LogP contribution in [0.2, 0.25) is 0 Å². The molecule has 0 bridgehead atoms. The van der Waals surface area contributed by atoms with E-state index in [0.717, 1.165) is 41.0 Å². The van der Waals surface area contributed by atoms with E-state index in [0.29, 0.717) is 6.04 Å². The lowest BCUT2D eigenvalue weighted by Crippen LogP contribution is -2.04. The third kappa shape index (κ3) is 2.33. The zero-order valence-corrected chi connectivity index (χ0v) is 12.3. The van der Waals surface area contributed by atoms with Crippen LogP contribution in [0, 0.1) is 0 Å². The number of aromatic nitrogens is 7. The predicted molar refractivity (Wildman–Crippen MR) is 77.4 cm³/mol. The summed E-state index contributed by atoms with van der Waals surface area (Å²) in [5.41, 5.74) is 0.812. The molecule has 0 unspecified atom stereocenters. The molecule has 0 spiro atoms. The molecule has 0 saturated heterocycles. The SMILES string of the molecule is CCNc1cn2ccnc2c(Sc2nnnn2C2CC2)n1. The summed E-state index contributed by atoms with van der Waals surface area (Å²) in [5, 5.41) is 16.7. The van der Waals surface area contributed by atoms with Crippen LogP contribution in [-0.4, -0.2) is 41.1 Å². The molecule has 1 aliphatic rings. The Morgan fingerprint density at radius 2 is 2.33 bits per heavy atom. The number of tetrazole rings is 1. The van der Waals surface area contributed by atoms with E-state index in [1.165, 1.54) is 11.8 Å². The fraction of sp³-hybridized carbons (Fsp3) is 0.417. The van der Waals surface area contributed by atoms with Crippen LogP contribution in [0.15, 0.2) is 28.8 Å². The van der Waals surface area contributed by atoms with Gasteiger partial charge in [-0.25, -0.2) is 14.6 Å². The van der Waals surface area contributed by atoms with Gasteiger partial charge in [-0.3, -0.25) is 0 Å². The standard InChI is InChI=1S/C12H14N8S/c1-2-13-9-7-19-6-5-14-10(19)11(15-9)21-12-16-17-18-20(12)8-3-4-8/h5-8,13H,2-4H2,1H3. The second-order valence-electron chi connectivity index (χ2n) is 4.86. The Kier molecular flexibility index (Phi) is 2.99. The molecule has 1 N–H and O–H groups in total. The lowest BCUT2D eigenvalue weighted by molar-refractivity contribution is 0.565. The van der Waals surface area contributed by atoms with E-state index in [1.54, 1.807) is 6.20 Å². The molecule has 3 heterocycles. The Morgan fingerprint density at radius 1 is 1.43 bits per heavy atom. The zero-order valence-electron chi connectivity index (χ0n) is 11.5. The Balaban J connectivity index is 1.74. The number of hydrogen-bond acceptors (Lipinski definition) is 7. The van der Waals surface area contributed by atoms with Crippen molar-refractivity contribution in [2.45, 2.75) is 36.0 Å². The summed E-state index contributed by atoms with van der Waals surface area (Å²) in [6.45, 7) is 2.86. The minimum Gasteiger partial charge on any atom is -0.369 e. The molecule has 3 aromatic heterocycles. The van der Waals surface area contributed by atoms with Crippen molar-refractivity contribution in [1.29, 1.82) is 0 Å². The highest BCUT2D eigenvalue weighted by molar-refractivity contribution is 7.99. The molecule has 1 aliphatic carbocycles. The first-order valence-electron chi connectivity index (χ1n) is 6.88. The average Bonchev–Trinajstić information content (AvgIpc) is 3.02. The Morgan fingerprint density at radius 3 is 3.14 bits per heavy atom. The molecule has 108 valence electrons.